The Morgan fingerprint density at radius 2 is 2.00 bits per heavy atom. The number of carbonyl (C=O) groups excluding carboxylic acids is 1. The van der Waals surface area contributed by atoms with Gasteiger partial charge in [0.2, 0.25) is 0 Å². The maximum Gasteiger partial charge on any atom is 0.259 e. The number of hydrogen-bond acceptors (Lipinski definition) is 4. The van der Waals surface area contributed by atoms with E-state index in [0.717, 1.165) is 22.2 Å². The smallest absolute Gasteiger partial charge is 0.259 e. The Hall–Kier alpha value is -0.990. The number of nitrogens with zero attached hydrogens (tertiary/aromatic N) is 3. The zero-order valence-electron chi connectivity index (χ0n) is 11.9. The number of thioether (sulfide) groups is 1. The van der Waals surface area contributed by atoms with Gasteiger partial charge in [0.25, 0.3) is 5.91 Å². The van der Waals surface area contributed by atoms with Crippen LogP contribution in [0.5, 0.6) is 5.75 Å². The highest BCUT2D eigenvalue weighted by atomic mass is 79.9. The van der Waals surface area contributed by atoms with Crippen molar-refractivity contribution < 1.29 is 9.90 Å². The molecule has 5 nitrogen and oxygen atoms in total. The molecular formula is C14H13Br2N3O2S. The number of aromatic nitrogens is 2. The third kappa shape index (κ3) is 2.57. The highest BCUT2D eigenvalue weighted by Crippen LogP contribution is 2.39. The fraction of sp³-hybridized carbons (Fsp3) is 0.286. The first-order valence-electron chi connectivity index (χ1n) is 6.56. The molecule has 0 radical (unpaired) electrons. The number of amides is 1. The van der Waals surface area contributed by atoms with Crippen molar-refractivity contribution in [3.8, 4) is 5.75 Å². The molecule has 3 rings (SSSR count). The van der Waals surface area contributed by atoms with E-state index in [1.165, 1.54) is 0 Å². The molecule has 22 heavy (non-hydrogen) atoms. The van der Waals surface area contributed by atoms with Gasteiger partial charge < -0.3 is 5.11 Å². The molecule has 0 spiro atoms. The second kappa shape index (κ2) is 5.90. The van der Waals surface area contributed by atoms with Crippen LogP contribution in [-0.2, 0) is 7.05 Å². The summed E-state index contributed by atoms with van der Waals surface area (Å²) in [5.41, 5.74) is 1.45. The van der Waals surface area contributed by atoms with Gasteiger partial charge in [0.05, 0.1) is 19.5 Å². The molecule has 0 fully saturated rings. The monoisotopic (exact) mass is 445 g/mol. The summed E-state index contributed by atoms with van der Waals surface area (Å²) in [7, 11) is 1.85. The van der Waals surface area contributed by atoms with Crippen molar-refractivity contribution >= 4 is 55.3 Å². The van der Waals surface area contributed by atoms with E-state index < -0.39 is 0 Å². The average Bonchev–Trinajstić information content (AvgIpc) is 2.78. The molecule has 1 aromatic carbocycles. The third-order valence-corrected chi connectivity index (χ3v) is 5.83. The van der Waals surface area contributed by atoms with Gasteiger partial charge in [-0.05, 0) is 50.9 Å². The number of phenols is 1. The molecule has 1 aliphatic heterocycles. The molecule has 1 N–H and O–H groups in total. The number of phenolic OH excluding ortho intramolecular Hbond substituents is 1. The predicted octanol–water partition coefficient (Wildman–Crippen LogP) is 3.71. The van der Waals surface area contributed by atoms with Gasteiger partial charge in [-0.3, -0.25) is 14.4 Å². The van der Waals surface area contributed by atoms with Gasteiger partial charge in [-0.15, -0.1) is 11.8 Å². The Balaban J connectivity index is 2.05. The van der Waals surface area contributed by atoms with Gasteiger partial charge >= 0.3 is 0 Å². The molecular weight excluding hydrogens is 434 g/mol. The Labute approximate surface area is 148 Å². The molecule has 2 aromatic rings. The number of hydrogen-bond donors (Lipinski definition) is 1. The van der Waals surface area contributed by atoms with E-state index in [-0.39, 0.29) is 11.7 Å². The zero-order valence-corrected chi connectivity index (χ0v) is 15.9. The summed E-state index contributed by atoms with van der Waals surface area (Å²) < 4.78 is 2.72. The number of aromatic hydroxyl groups is 1. The molecule has 0 saturated heterocycles. The van der Waals surface area contributed by atoms with Crippen LogP contribution in [0.2, 0.25) is 0 Å². The van der Waals surface area contributed by atoms with Crippen LogP contribution >= 0.6 is 43.6 Å². The number of benzene rings is 1. The third-order valence-electron chi connectivity index (χ3n) is 3.46. The molecule has 1 aliphatic rings. The molecule has 8 heteroatoms. The number of carbonyl (C=O) groups is 1. The molecule has 0 saturated carbocycles. The van der Waals surface area contributed by atoms with Crippen LogP contribution in [0.15, 0.2) is 26.0 Å². The second-order valence-electron chi connectivity index (χ2n) is 4.96. The van der Waals surface area contributed by atoms with E-state index >= 15 is 0 Å². The zero-order chi connectivity index (χ0) is 16.0. The van der Waals surface area contributed by atoms with E-state index in [1.54, 1.807) is 33.5 Å². The Morgan fingerprint density at radius 1 is 1.36 bits per heavy atom. The summed E-state index contributed by atoms with van der Waals surface area (Å²) in [6, 6.07) is 3.26. The lowest BCUT2D eigenvalue weighted by molar-refractivity contribution is 0.0986. The van der Waals surface area contributed by atoms with Gasteiger partial charge in [-0.25, -0.2) is 0 Å². The molecule has 0 atom stereocenters. The van der Waals surface area contributed by atoms with Gasteiger partial charge in [-0.1, -0.05) is 0 Å². The number of halogens is 2. The van der Waals surface area contributed by atoms with Crippen LogP contribution < -0.4 is 4.90 Å². The van der Waals surface area contributed by atoms with Gasteiger partial charge in [0, 0.05) is 24.9 Å². The maximum absolute atomic E-state index is 12.9. The number of fused-ring (bicyclic) bond motifs is 1. The fourth-order valence-electron chi connectivity index (χ4n) is 2.48. The van der Waals surface area contributed by atoms with Crippen molar-refractivity contribution in [1.29, 1.82) is 0 Å². The topological polar surface area (TPSA) is 58.4 Å². The lowest BCUT2D eigenvalue weighted by atomic mass is 10.2. The molecule has 0 aliphatic carbocycles. The lowest BCUT2D eigenvalue weighted by Crippen LogP contribution is -2.36. The standard InChI is InChI=1S/C14H13Br2N3O2S/c1-7-12-13(18(2)17-7)19(3-4-22-12)14(21)8-5-9(15)11(20)10(16)6-8/h5-6,20H,3-4H2,1-2H3. The lowest BCUT2D eigenvalue weighted by Gasteiger charge is -2.27. The van der Waals surface area contributed by atoms with E-state index in [9.17, 15) is 9.90 Å². The second-order valence-corrected chi connectivity index (χ2v) is 7.77. The predicted molar refractivity (Wildman–Crippen MR) is 93.9 cm³/mol. The Morgan fingerprint density at radius 3 is 2.64 bits per heavy atom. The number of anilines is 1. The minimum absolute atomic E-state index is 0.0859. The van der Waals surface area contributed by atoms with Crippen LogP contribution in [-0.4, -0.2) is 33.1 Å². The van der Waals surface area contributed by atoms with Crippen molar-refractivity contribution in [1.82, 2.24) is 9.78 Å². The van der Waals surface area contributed by atoms with Crippen molar-refractivity contribution in [3.63, 3.8) is 0 Å². The molecule has 1 amide bonds. The van der Waals surface area contributed by atoms with Gasteiger partial charge in [0.15, 0.2) is 0 Å². The first kappa shape index (κ1) is 15.9. The first-order chi connectivity index (χ1) is 10.4. The van der Waals surface area contributed by atoms with E-state index in [4.69, 9.17) is 0 Å². The largest absolute Gasteiger partial charge is 0.506 e. The van der Waals surface area contributed by atoms with Crippen molar-refractivity contribution in [2.75, 3.05) is 17.2 Å². The SMILES string of the molecule is Cc1nn(C)c2c1SCCN2C(=O)c1cc(Br)c(O)c(Br)c1. The van der Waals surface area contributed by atoms with E-state index in [0.29, 0.717) is 21.1 Å². The Kier molecular flexibility index (Phi) is 4.26. The highest BCUT2D eigenvalue weighted by Gasteiger charge is 2.29. The Bertz CT molecular complexity index is 753. The minimum atomic E-state index is -0.106. The molecule has 0 unspecified atom stereocenters. The fourth-order valence-corrected chi connectivity index (χ4v) is 4.77. The summed E-state index contributed by atoms with van der Waals surface area (Å²) in [6.07, 6.45) is 0. The molecule has 2 heterocycles. The number of rotatable bonds is 1. The summed E-state index contributed by atoms with van der Waals surface area (Å²) in [5, 5.41) is 14.2. The maximum atomic E-state index is 12.9. The molecule has 0 bridgehead atoms. The summed E-state index contributed by atoms with van der Waals surface area (Å²) >= 11 is 8.26. The van der Waals surface area contributed by atoms with Crippen molar-refractivity contribution in [2.24, 2.45) is 7.05 Å². The first-order valence-corrected chi connectivity index (χ1v) is 9.13. The molecule has 116 valence electrons. The van der Waals surface area contributed by atoms with E-state index in [1.807, 2.05) is 14.0 Å². The van der Waals surface area contributed by atoms with Crippen LogP contribution in [0.1, 0.15) is 16.1 Å². The quantitative estimate of drug-likeness (QED) is 0.725. The van der Waals surface area contributed by atoms with Crippen LogP contribution in [0.3, 0.4) is 0 Å². The summed E-state index contributed by atoms with van der Waals surface area (Å²) in [5.74, 6) is 1.65. The van der Waals surface area contributed by atoms with Gasteiger partial charge in [-0.2, -0.15) is 5.10 Å². The van der Waals surface area contributed by atoms with Crippen molar-refractivity contribution in [2.45, 2.75) is 11.8 Å². The minimum Gasteiger partial charge on any atom is -0.506 e. The van der Waals surface area contributed by atoms with Crippen LogP contribution in [0.25, 0.3) is 0 Å². The summed E-state index contributed by atoms with van der Waals surface area (Å²) in [4.78, 5) is 15.7. The number of aryl methyl sites for hydroxylation is 2. The normalized spacial score (nSPS) is 14.1. The summed E-state index contributed by atoms with van der Waals surface area (Å²) in [6.45, 7) is 2.58. The average molecular weight is 447 g/mol. The molecule has 1 aromatic heterocycles. The highest BCUT2D eigenvalue weighted by molar-refractivity contribution is 9.11. The van der Waals surface area contributed by atoms with Crippen LogP contribution in [0.4, 0.5) is 5.82 Å². The van der Waals surface area contributed by atoms with Gasteiger partial charge in [0.1, 0.15) is 11.6 Å². The van der Waals surface area contributed by atoms with E-state index in [2.05, 4.69) is 37.0 Å². The van der Waals surface area contributed by atoms with Crippen LogP contribution in [0, 0.1) is 6.92 Å². The van der Waals surface area contributed by atoms with Crippen molar-refractivity contribution in [3.05, 3.63) is 32.3 Å².